The van der Waals surface area contributed by atoms with Gasteiger partial charge in [0.15, 0.2) is 0 Å². The van der Waals surface area contributed by atoms with E-state index in [-0.39, 0.29) is 0 Å². The lowest BCUT2D eigenvalue weighted by atomic mass is 9.50. The minimum absolute atomic E-state index is 0.322. The van der Waals surface area contributed by atoms with Crippen LogP contribution in [0.5, 0.6) is 0 Å². The summed E-state index contributed by atoms with van der Waals surface area (Å²) in [6.45, 7) is 29.7. The zero-order valence-electron chi connectivity index (χ0n) is 68.8. The van der Waals surface area contributed by atoms with Crippen LogP contribution >= 0.6 is 0 Å². The highest BCUT2D eigenvalue weighted by Crippen LogP contribution is 2.62. The first-order valence-electron chi connectivity index (χ1n) is 46.8. The first kappa shape index (κ1) is 79.8. The summed E-state index contributed by atoms with van der Waals surface area (Å²) in [4.78, 5) is 0. The highest BCUT2D eigenvalue weighted by atomic mass is 16.5. The van der Waals surface area contributed by atoms with Gasteiger partial charge in [-0.25, -0.2) is 0 Å². The van der Waals surface area contributed by atoms with Gasteiger partial charge in [0.05, 0.1) is 61.5 Å². The van der Waals surface area contributed by atoms with Crippen molar-refractivity contribution in [2.75, 3.05) is 39.6 Å². The van der Waals surface area contributed by atoms with Gasteiger partial charge in [0.25, 0.3) is 0 Å². The molecule has 0 radical (unpaired) electrons. The van der Waals surface area contributed by atoms with Crippen molar-refractivity contribution in [2.45, 2.75) is 413 Å². The third-order valence-electron chi connectivity index (χ3n) is 32.6. The fraction of sp³-hybridized carbons (Fsp3) is 1.00. The summed E-state index contributed by atoms with van der Waals surface area (Å²) in [6, 6.07) is 0. The van der Waals surface area contributed by atoms with E-state index < -0.39 is 0 Å². The summed E-state index contributed by atoms with van der Waals surface area (Å²) in [5, 5.41) is 0. The van der Waals surface area contributed by atoms with Gasteiger partial charge in [-0.15, -0.1) is 0 Å². The van der Waals surface area contributed by atoms with Crippen LogP contribution in [-0.2, 0) is 33.2 Å². The molecule has 0 heterocycles. The van der Waals surface area contributed by atoms with Crippen molar-refractivity contribution in [3.63, 3.8) is 0 Å². The lowest BCUT2D eigenvalue weighted by Gasteiger charge is -2.56. The van der Waals surface area contributed by atoms with Crippen molar-refractivity contribution >= 4 is 0 Å². The van der Waals surface area contributed by atoms with Crippen LogP contribution in [0.3, 0.4) is 0 Å². The van der Waals surface area contributed by atoms with E-state index in [0.717, 1.165) is 182 Å². The van der Waals surface area contributed by atoms with Gasteiger partial charge in [-0.1, -0.05) is 77.0 Å². The van der Waals surface area contributed by atoms with Gasteiger partial charge in [-0.05, 0) is 435 Å². The predicted molar refractivity (Wildman–Crippen MR) is 422 cm³/mol. The summed E-state index contributed by atoms with van der Waals surface area (Å²) >= 11 is 0. The van der Waals surface area contributed by atoms with E-state index in [4.69, 9.17) is 33.2 Å². The third-order valence-corrected chi connectivity index (χ3v) is 32.6. The van der Waals surface area contributed by atoms with E-state index in [1.54, 1.807) is 38.5 Å². The van der Waals surface area contributed by atoms with Gasteiger partial charge in [-0.3, -0.25) is 0 Å². The SMILES string of the molecule is CC(C)OC12CC3CC(CC(C3)C1)C2.CC(C)OC1C2CC3CC(C2)CC1C3.CC(C)OC1CCCC(C2CCCCC2)C1.CC(C)OCC1C2CC3CC(C2)CC1C3.CCOC1CCCC(C2CCCCC2)C1.CCOCC12CC3CC(CC(C3)C1)C2.CCOCC1C2CC3CC(C2)CC1C3. The summed E-state index contributed by atoms with van der Waals surface area (Å²) in [5.41, 5.74) is 0.952. The van der Waals surface area contributed by atoms with Crippen LogP contribution in [0.15, 0.2) is 0 Å². The molecule has 0 amide bonds. The van der Waals surface area contributed by atoms with E-state index in [9.17, 15) is 0 Å². The molecule has 0 N–H and O–H groups in total. The molecule has 0 aromatic heterocycles. The van der Waals surface area contributed by atoms with Gasteiger partial charge < -0.3 is 33.2 Å². The normalized spacial score (nSPS) is 44.8. The van der Waals surface area contributed by atoms with Gasteiger partial charge in [-0.2, -0.15) is 0 Å². The quantitative estimate of drug-likeness (QED) is 0.128. The van der Waals surface area contributed by atoms with Gasteiger partial charge in [0.1, 0.15) is 0 Å². The molecule has 24 aliphatic carbocycles. The molecule has 24 rings (SSSR count). The maximum Gasteiger partial charge on any atom is 0.0694 e. The lowest BCUT2D eigenvalue weighted by Crippen LogP contribution is -2.52. The Morgan fingerprint density at radius 1 is 0.284 bits per heavy atom. The Hall–Kier alpha value is -0.280. The van der Waals surface area contributed by atoms with Crippen LogP contribution in [-0.4, -0.2) is 88.0 Å². The van der Waals surface area contributed by atoms with Crippen molar-refractivity contribution in [3.05, 3.63) is 0 Å². The average Bonchev–Trinajstić information content (AvgIpc) is 0.794. The smallest absolute Gasteiger partial charge is 0.0694 e. The Labute approximate surface area is 630 Å². The van der Waals surface area contributed by atoms with Crippen LogP contribution < -0.4 is 0 Å². The summed E-state index contributed by atoms with van der Waals surface area (Å²) in [7, 11) is 0. The zero-order valence-corrected chi connectivity index (χ0v) is 68.8. The molecule has 588 valence electrons. The predicted octanol–water partition coefficient (Wildman–Crippen LogP) is 25.1. The monoisotopic (exact) mass is 1420 g/mol. The number of hydrogen-bond acceptors (Lipinski definition) is 7. The molecule has 24 saturated carbocycles. The molecular weight excluding hydrogens is 1250 g/mol. The van der Waals surface area contributed by atoms with E-state index in [2.05, 4.69) is 76.2 Å². The van der Waals surface area contributed by atoms with E-state index >= 15 is 0 Å². The molecule has 24 aliphatic rings. The van der Waals surface area contributed by atoms with Crippen molar-refractivity contribution in [2.24, 2.45) is 147 Å². The van der Waals surface area contributed by atoms with Crippen LogP contribution in [0.4, 0.5) is 0 Å². The Kier molecular flexibility index (Phi) is 29.6. The average molecular weight is 1420 g/mol. The summed E-state index contributed by atoms with van der Waals surface area (Å²) in [5.74, 6) is 24.7. The fourth-order valence-corrected chi connectivity index (χ4v) is 30.4. The number of rotatable bonds is 19. The Bertz CT molecular complexity index is 2240. The summed E-state index contributed by atoms with van der Waals surface area (Å²) in [6.07, 6.45) is 70.0. The second-order valence-electron chi connectivity index (χ2n) is 42.2. The molecule has 102 heavy (non-hydrogen) atoms. The number of ether oxygens (including phenoxy) is 7. The maximum atomic E-state index is 6.25. The topological polar surface area (TPSA) is 64.6 Å². The first-order chi connectivity index (χ1) is 49.4. The second kappa shape index (κ2) is 37.8. The van der Waals surface area contributed by atoms with Gasteiger partial charge >= 0.3 is 0 Å². The Morgan fingerprint density at radius 2 is 0.647 bits per heavy atom. The molecule has 4 unspecified atom stereocenters. The van der Waals surface area contributed by atoms with Crippen molar-refractivity contribution in [1.82, 2.24) is 0 Å². The molecule has 0 aliphatic heterocycles. The third kappa shape index (κ3) is 21.7. The van der Waals surface area contributed by atoms with Gasteiger partial charge in [0.2, 0.25) is 0 Å². The summed E-state index contributed by atoms with van der Waals surface area (Å²) < 4.78 is 41.4. The zero-order chi connectivity index (χ0) is 70.9. The molecule has 4 atom stereocenters. The number of hydrogen-bond donors (Lipinski definition) is 0. The molecule has 0 spiro atoms. The molecule has 7 heteroatoms. The minimum Gasteiger partial charge on any atom is -0.381 e. The maximum absolute atomic E-state index is 6.25. The van der Waals surface area contributed by atoms with Crippen molar-refractivity contribution in [1.29, 1.82) is 0 Å². The molecule has 0 aromatic rings. The van der Waals surface area contributed by atoms with Crippen molar-refractivity contribution in [3.8, 4) is 0 Å². The van der Waals surface area contributed by atoms with E-state index in [1.165, 1.54) is 250 Å². The molecule has 20 bridgehead atoms. The van der Waals surface area contributed by atoms with Crippen molar-refractivity contribution < 1.29 is 33.2 Å². The van der Waals surface area contributed by atoms with Gasteiger partial charge in [0, 0.05) is 26.4 Å². The largest absolute Gasteiger partial charge is 0.381 e. The molecule has 7 nitrogen and oxygen atoms in total. The lowest BCUT2D eigenvalue weighted by molar-refractivity contribution is -0.180. The van der Waals surface area contributed by atoms with E-state index in [0.29, 0.717) is 53.7 Å². The highest BCUT2D eigenvalue weighted by molar-refractivity contribution is 5.05. The molecule has 24 fully saturated rings. The van der Waals surface area contributed by atoms with Crippen LogP contribution in [0.2, 0.25) is 0 Å². The molecular formula is C95H166O7. The van der Waals surface area contributed by atoms with E-state index in [1.807, 2.05) is 0 Å². The Balaban J connectivity index is 0.000000106. The van der Waals surface area contributed by atoms with Crippen LogP contribution in [0.1, 0.15) is 365 Å². The fourth-order valence-electron chi connectivity index (χ4n) is 30.4. The molecule has 0 aromatic carbocycles. The molecule has 0 saturated heterocycles. The highest BCUT2D eigenvalue weighted by Gasteiger charge is 2.55. The van der Waals surface area contributed by atoms with Crippen LogP contribution in [0.25, 0.3) is 0 Å². The second-order valence-corrected chi connectivity index (χ2v) is 42.2. The Morgan fingerprint density at radius 3 is 1.03 bits per heavy atom. The van der Waals surface area contributed by atoms with Crippen LogP contribution in [0, 0.1) is 147 Å². The minimum atomic E-state index is 0.322. The standard InChI is InChI=1S/C15H28O.C14H24O.C14H26O.4C13H22O/c1-12(2)16-15-10-6-9-14(11-15)13-7-4-3-5-8-13;1-9(2)15-8-14-12-4-10-3-11(6-12)7-13(14)5-10;1-2-15-14-10-6-9-13(11-14)12-7-4-3-5-8-12;1-9(2)14-13-6-10-3-11(7-13)5-12(4-10)8-13;1-8(2)14-13-11-4-9-3-10(6-11)7-12(13)5-9;1-2-14-9-13-6-10-3-11(7-13)5-12(4-10)8-13;1-2-14-8-13-11-4-9-3-10(6-11)7-12(13)5-9/h12-15H,3-11H2,1-2H3;9-14H,3-8H2,1-2H3;12-14H,2-11H2,1H3;9-12H,3-8H2,1-2H3;8-13H,3-7H2,1-2H3;10-12H,2-9H2,1H3;9-13H,2-8H2,1H3. The first-order valence-corrected chi connectivity index (χ1v) is 46.8.